The molecule has 0 aromatic heterocycles. The fraction of sp³-hybridized carbons (Fsp3) is 0.278. The third-order valence-corrected chi connectivity index (χ3v) is 3.82. The number of benzene rings is 2. The second kappa shape index (κ2) is 7.47. The standard InChI is InChI=1S/C18H20ClFN2O/c1-11-8-12(2)18(13(3)9-11)21-7-6-17(23)22-14-4-5-16(20)15(19)10-14/h4-5,8-10,21H,6-7H2,1-3H3,(H,22,23). The minimum absolute atomic E-state index is 0.00756. The van der Waals surface area contributed by atoms with Gasteiger partial charge in [0.05, 0.1) is 5.02 Å². The van der Waals surface area contributed by atoms with E-state index in [2.05, 4.69) is 29.7 Å². The summed E-state index contributed by atoms with van der Waals surface area (Å²) in [7, 11) is 0. The zero-order valence-electron chi connectivity index (χ0n) is 13.5. The number of aryl methyl sites for hydroxylation is 3. The van der Waals surface area contributed by atoms with Gasteiger partial charge in [0, 0.05) is 24.3 Å². The van der Waals surface area contributed by atoms with Crippen LogP contribution in [0.15, 0.2) is 30.3 Å². The van der Waals surface area contributed by atoms with E-state index in [1.807, 2.05) is 13.8 Å². The van der Waals surface area contributed by atoms with Gasteiger partial charge in [0.1, 0.15) is 5.82 Å². The number of halogens is 2. The van der Waals surface area contributed by atoms with Gasteiger partial charge in [-0.3, -0.25) is 4.79 Å². The van der Waals surface area contributed by atoms with Crippen LogP contribution in [0.2, 0.25) is 5.02 Å². The average Bonchev–Trinajstić information content (AvgIpc) is 2.45. The number of anilines is 2. The van der Waals surface area contributed by atoms with Gasteiger partial charge in [-0.2, -0.15) is 0 Å². The molecule has 0 aliphatic heterocycles. The molecule has 23 heavy (non-hydrogen) atoms. The summed E-state index contributed by atoms with van der Waals surface area (Å²) in [4.78, 5) is 11.9. The SMILES string of the molecule is Cc1cc(C)c(NCCC(=O)Nc2ccc(F)c(Cl)c2)c(C)c1. The second-order valence-corrected chi connectivity index (χ2v) is 6.03. The fourth-order valence-corrected chi connectivity index (χ4v) is 2.74. The quantitative estimate of drug-likeness (QED) is 0.821. The Hall–Kier alpha value is -2.07. The summed E-state index contributed by atoms with van der Waals surface area (Å²) in [6, 6.07) is 8.33. The van der Waals surface area contributed by atoms with Gasteiger partial charge < -0.3 is 10.6 Å². The number of amides is 1. The lowest BCUT2D eigenvalue weighted by Gasteiger charge is -2.14. The maximum atomic E-state index is 13.1. The van der Waals surface area contributed by atoms with Crippen molar-refractivity contribution >= 4 is 28.9 Å². The lowest BCUT2D eigenvalue weighted by Crippen LogP contribution is -2.17. The molecule has 122 valence electrons. The summed E-state index contributed by atoms with van der Waals surface area (Å²) in [6.07, 6.45) is 0.307. The van der Waals surface area contributed by atoms with Gasteiger partial charge in [0.2, 0.25) is 5.91 Å². The highest BCUT2D eigenvalue weighted by Crippen LogP contribution is 2.22. The van der Waals surface area contributed by atoms with Crippen molar-refractivity contribution in [3.05, 3.63) is 57.9 Å². The number of nitrogens with one attached hydrogen (secondary N) is 2. The Labute approximate surface area is 140 Å². The molecule has 1 amide bonds. The molecule has 0 bridgehead atoms. The van der Waals surface area contributed by atoms with Crippen molar-refractivity contribution in [1.29, 1.82) is 0 Å². The van der Waals surface area contributed by atoms with E-state index < -0.39 is 5.82 Å². The third-order valence-electron chi connectivity index (χ3n) is 3.53. The van der Waals surface area contributed by atoms with Gasteiger partial charge in [-0.25, -0.2) is 4.39 Å². The van der Waals surface area contributed by atoms with Gasteiger partial charge in [-0.1, -0.05) is 29.3 Å². The van der Waals surface area contributed by atoms with Crippen LogP contribution in [0.5, 0.6) is 0 Å². The number of hydrogen-bond donors (Lipinski definition) is 2. The van der Waals surface area contributed by atoms with E-state index in [0.29, 0.717) is 18.7 Å². The molecule has 0 atom stereocenters. The molecule has 2 rings (SSSR count). The lowest BCUT2D eigenvalue weighted by atomic mass is 10.1. The second-order valence-electron chi connectivity index (χ2n) is 5.63. The molecule has 0 unspecified atom stereocenters. The van der Waals surface area contributed by atoms with Crippen LogP contribution in [-0.2, 0) is 4.79 Å². The first-order valence-electron chi connectivity index (χ1n) is 7.43. The number of carbonyl (C=O) groups excluding carboxylic acids is 1. The van der Waals surface area contributed by atoms with Crippen molar-refractivity contribution in [2.24, 2.45) is 0 Å². The van der Waals surface area contributed by atoms with Crippen LogP contribution in [0, 0.1) is 26.6 Å². The molecule has 5 heteroatoms. The summed E-state index contributed by atoms with van der Waals surface area (Å²) in [6.45, 7) is 6.67. The molecular formula is C18H20ClFN2O. The highest BCUT2D eigenvalue weighted by atomic mass is 35.5. The third kappa shape index (κ3) is 4.70. The topological polar surface area (TPSA) is 41.1 Å². The van der Waals surface area contributed by atoms with E-state index in [9.17, 15) is 9.18 Å². The summed E-state index contributed by atoms with van der Waals surface area (Å²) in [5.41, 5.74) is 5.09. The minimum Gasteiger partial charge on any atom is -0.384 e. The smallest absolute Gasteiger partial charge is 0.226 e. The first-order valence-corrected chi connectivity index (χ1v) is 7.81. The Morgan fingerprint density at radius 1 is 1.13 bits per heavy atom. The van der Waals surface area contributed by atoms with Crippen molar-refractivity contribution in [3.8, 4) is 0 Å². The largest absolute Gasteiger partial charge is 0.384 e. The molecule has 3 nitrogen and oxygen atoms in total. The van der Waals surface area contributed by atoms with Gasteiger partial charge in [-0.05, 0) is 50.1 Å². The lowest BCUT2D eigenvalue weighted by molar-refractivity contribution is -0.115. The molecule has 0 radical (unpaired) electrons. The molecule has 0 aliphatic rings. The van der Waals surface area contributed by atoms with Crippen LogP contribution in [0.1, 0.15) is 23.1 Å². The summed E-state index contributed by atoms with van der Waals surface area (Å²) in [5.74, 6) is -0.653. The number of rotatable bonds is 5. The van der Waals surface area contributed by atoms with E-state index in [4.69, 9.17) is 11.6 Å². The number of hydrogen-bond acceptors (Lipinski definition) is 2. The summed E-state index contributed by atoms with van der Waals surface area (Å²) < 4.78 is 13.1. The Balaban J connectivity index is 1.89. The predicted molar refractivity (Wildman–Crippen MR) is 93.8 cm³/mol. The van der Waals surface area contributed by atoms with Crippen LogP contribution in [0.25, 0.3) is 0 Å². The van der Waals surface area contributed by atoms with Crippen molar-refractivity contribution in [2.45, 2.75) is 27.2 Å². The number of carbonyl (C=O) groups is 1. The van der Waals surface area contributed by atoms with E-state index in [1.165, 1.54) is 23.8 Å². The fourth-order valence-electron chi connectivity index (χ4n) is 2.56. The normalized spacial score (nSPS) is 10.5. The molecule has 0 spiro atoms. The van der Waals surface area contributed by atoms with E-state index >= 15 is 0 Å². The van der Waals surface area contributed by atoms with Gasteiger partial charge in [0.15, 0.2) is 0 Å². The molecule has 0 heterocycles. The Morgan fingerprint density at radius 2 is 1.78 bits per heavy atom. The van der Waals surface area contributed by atoms with Crippen LogP contribution in [0.3, 0.4) is 0 Å². The zero-order valence-corrected chi connectivity index (χ0v) is 14.2. The molecular weight excluding hydrogens is 315 g/mol. The molecule has 0 fully saturated rings. The Bertz CT molecular complexity index is 708. The Kier molecular flexibility index (Phi) is 5.61. The molecule has 0 saturated heterocycles. The maximum absolute atomic E-state index is 13.1. The molecule has 2 N–H and O–H groups in total. The van der Waals surface area contributed by atoms with Crippen LogP contribution in [0.4, 0.5) is 15.8 Å². The van der Waals surface area contributed by atoms with E-state index in [1.54, 1.807) is 0 Å². The molecule has 2 aromatic rings. The van der Waals surface area contributed by atoms with Gasteiger partial charge in [0.25, 0.3) is 0 Å². The van der Waals surface area contributed by atoms with E-state index in [-0.39, 0.29) is 10.9 Å². The first kappa shape index (κ1) is 17.3. The zero-order chi connectivity index (χ0) is 17.0. The van der Waals surface area contributed by atoms with Crippen molar-refractivity contribution in [3.63, 3.8) is 0 Å². The molecule has 0 aliphatic carbocycles. The van der Waals surface area contributed by atoms with Gasteiger partial charge in [-0.15, -0.1) is 0 Å². The van der Waals surface area contributed by atoms with Gasteiger partial charge >= 0.3 is 0 Å². The van der Waals surface area contributed by atoms with Crippen LogP contribution in [-0.4, -0.2) is 12.5 Å². The van der Waals surface area contributed by atoms with Crippen molar-refractivity contribution < 1.29 is 9.18 Å². The monoisotopic (exact) mass is 334 g/mol. The van der Waals surface area contributed by atoms with Crippen molar-refractivity contribution in [2.75, 3.05) is 17.2 Å². The maximum Gasteiger partial charge on any atom is 0.226 e. The first-order chi connectivity index (χ1) is 10.9. The predicted octanol–water partition coefficient (Wildman–Crippen LogP) is 4.85. The van der Waals surface area contributed by atoms with E-state index in [0.717, 1.165) is 16.8 Å². The van der Waals surface area contributed by atoms with Crippen LogP contribution < -0.4 is 10.6 Å². The highest BCUT2D eigenvalue weighted by molar-refractivity contribution is 6.31. The summed E-state index contributed by atoms with van der Waals surface area (Å²) in [5, 5.41) is 6.00. The molecule has 0 saturated carbocycles. The van der Waals surface area contributed by atoms with Crippen molar-refractivity contribution in [1.82, 2.24) is 0 Å². The average molecular weight is 335 g/mol. The minimum atomic E-state index is -0.503. The van der Waals surface area contributed by atoms with Crippen LogP contribution >= 0.6 is 11.6 Å². The molecule has 2 aromatic carbocycles. The summed E-state index contributed by atoms with van der Waals surface area (Å²) >= 11 is 5.69. The highest BCUT2D eigenvalue weighted by Gasteiger charge is 2.07. The Morgan fingerprint density at radius 3 is 2.39 bits per heavy atom.